The third-order valence-electron chi connectivity index (χ3n) is 3.67. The summed E-state index contributed by atoms with van der Waals surface area (Å²) in [6.45, 7) is 2.06. The van der Waals surface area contributed by atoms with E-state index in [1.807, 2.05) is 0 Å². The van der Waals surface area contributed by atoms with Gasteiger partial charge in [0, 0.05) is 13.0 Å². The van der Waals surface area contributed by atoms with E-state index in [0.29, 0.717) is 29.3 Å². The predicted molar refractivity (Wildman–Crippen MR) is 81.9 cm³/mol. The highest BCUT2D eigenvalue weighted by molar-refractivity contribution is 6.21. The van der Waals surface area contributed by atoms with Gasteiger partial charge in [-0.1, -0.05) is 17.3 Å². The van der Waals surface area contributed by atoms with Crippen molar-refractivity contribution < 1.29 is 18.9 Å². The van der Waals surface area contributed by atoms with Crippen molar-refractivity contribution in [3.63, 3.8) is 0 Å². The number of benzene rings is 1. The number of fused-ring (bicyclic) bond motifs is 1. The highest BCUT2D eigenvalue weighted by Gasteiger charge is 2.34. The van der Waals surface area contributed by atoms with Crippen LogP contribution in [0.3, 0.4) is 0 Å². The average Bonchev–Trinajstić information content (AvgIpc) is 3.10. The van der Waals surface area contributed by atoms with E-state index in [1.54, 1.807) is 31.2 Å². The van der Waals surface area contributed by atoms with Crippen molar-refractivity contribution in [3.8, 4) is 0 Å². The third kappa shape index (κ3) is 3.17. The first kappa shape index (κ1) is 15.9. The monoisotopic (exact) mass is 328 g/mol. The van der Waals surface area contributed by atoms with Crippen molar-refractivity contribution in [1.29, 1.82) is 0 Å². The summed E-state index contributed by atoms with van der Waals surface area (Å²) in [7, 11) is 0. The van der Waals surface area contributed by atoms with Gasteiger partial charge in [0.1, 0.15) is 0 Å². The maximum Gasteiger partial charge on any atom is 0.261 e. The molecule has 0 saturated heterocycles. The lowest BCUT2D eigenvalue weighted by Crippen LogP contribution is -2.32. The van der Waals surface area contributed by atoms with Crippen LogP contribution >= 0.6 is 0 Å². The second kappa shape index (κ2) is 6.61. The molecular formula is C16H16N4O4. The fraction of sp³-hybridized carbons (Fsp3) is 0.312. The van der Waals surface area contributed by atoms with Gasteiger partial charge in [-0.25, -0.2) is 0 Å². The fourth-order valence-corrected chi connectivity index (χ4v) is 2.51. The van der Waals surface area contributed by atoms with Crippen molar-refractivity contribution >= 4 is 17.7 Å². The largest absolute Gasteiger partial charge is 0.347 e. The standard InChI is InChI=1S/C16H16N4O4/c1-10-18-14(24-19-10)9-17-13(21)7-4-8-20-15(22)11-5-2-3-6-12(11)16(20)23/h2-3,5-6H,4,7-9H2,1H3,(H,17,21). The van der Waals surface area contributed by atoms with Crippen molar-refractivity contribution in [1.82, 2.24) is 20.4 Å². The number of imide groups is 1. The van der Waals surface area contributed by atoms with Crippen LogP contribution < -0.4 is 5.32 Å². The number of carbonyl (C=O) groups excluding carboxylic acids is 3. The molecule has 1 aliphatic heterocycles. The van der Waals surface area contributed by atoms with Gasteiger partial charge in [-0.3, -0.25) is 19.3 Å². The fourth-order valence-electron chi connectivity index (χ4n) is 2.51. The number of nitrogens with zero attached hydrogens (tertiary/aromatic N) is 3. The molecule has 1 aliphatic rings. The SMILES string of the molecule is Cc1noc(CNC(=O)CCCN2C(=O)c3ccccc3C2=O)n1. The normalized spacial score (nSPS) is 13.3. The Bertz CT molecular complexity index is 764. The van der Waals surface area contributed by atoms with Crippen molar-refractivity contribution in [2.24, 2.45) is 0 Å². The number of nitrogens with one attached hydrogen (secondary N) is 1. The first-order valence-electron chi connectivity index (χ1n) is 7.57. The lowest BCUT2D eigenvalue weighted by Gasteiger charge is -2.13. The van der Waals surface area contributed by atoms with Crippen LogP contribution in [0.2, 0.25) is 0 Å². The Hall–Kier alpha value is -3.03. The zero-order valence-electron chi connectivity index (χ0n) is 13.1. The quantitative estimate of drug-likeness (QED) is 0.795. The molecule has 0 spiro atoms. The smallest absolute Gasteiger partial charge is 0.261 e. The summed E-state index contributed by atoms with van der Waals surface area (Å²) < 4.78 is 4.89. The van der Waals surface area contributed by atoms with Gasteiger partial charge in [0.25, 0.3) is 11.8 Å². The van der Waals surface area contributed by atoms with E-state index < -0.39 is 0 Å². The van der Waals surface area contributed by atoms with Gasteiger partial charge in [-0.05, 0) is 25.5 Å². The van der Waals surface area contributed by atoms with Gasteiger partial charge in [0.2, 0.25) is 11.8 Å². The third-order valence-corrected chi connectivity index (χ3v) is 3.67. The molecule has 2 aromatic rings. The summed E-state index contributed by atoms with van der Waals surface area (Å²) in [6, 6.07) is 6.71. The Balaban J connectivity index is 1.46. The number of amides is 3. The molecular weight excluding hydrogens is 312 g/mol. The highest BCUT2D eigenvalue weighted by Crippen LogP contribution is 2.22. The van der Waals surface area contributed by atoms with Gasteiger partial charge in [0.05, 0.1) is 17.7 Å². The van der Waals surface area contributed by atoms with Crippen LogP contribution in [-0.4, -0.2) is 39.3 Å². The van der Waals surface area contributed by atoms with E-state index in [4.69, 9.17) is 4.52 Å². The Morgan fingerprint density at radius 1 is 1.21 bits per heavy atom. The molecule has 3 amide bonds. The van der Waals surface area contributed by atoms with E-state index >= 15 is 0 Å². The van der Waals surface area contributed by atoms with E-state index in [-0.39, 0.29) is 37.2 Å². The molecule has 24 heavy (non-hydrogen) atoms. The zero-order chi connectivity index (χ0) is 17.1. The van der Waals surface area contributed by atoms with Gasteiger partial charge < -0.3 is 9.84 Å². The minimum Gasteiger partial charge on any atom is -0.347 e. The number of aryl methyl sites for hydroxylation is 1. The van der Waals surface area contributed by atoms with Crippen molar-refractivity contribution in [3.05, 3.63) is 47.1 Å². The van der Waals surface area contributed by atoms with E-state index in [2.05, 4.69) is 15.5 Å². The van der Waals surface area contributed by atoms with Crippen molar-refractivity contribution in [2.75, 3.05) is 6.54 Å². The number of hydrogen-bond acceptors (Lipinski definition) is 6. The molecule has 1 N–H and O–H groups in total. The van der Waals surface area contributed by atoms with Gasteiger partial charge in [0.15, 0.2) is 5.82 Å². The topological polar surface area (TPSA) is 105 Å². The van der Waals surface area contributed by atoms with E-state index in [9.17, 15) is 14.4 Å². The molecule has 8 heteroatoms. The number of hydrogen-bond donors (Lipinski definition) is 1. The predicted octanol–water partition coefficient (Wildman–Crippen LogP) is 1.07. The minimum absolute atomic E-state index is 0.159. The Morgan fingerprint density at radius 3 is 2.46 bits per heavy atom. The van der Waals surface area contributed by atoms with Crippen LogP contribution in [0.25, 0.3) is 0 Å². The maximum atomic E-state index is 12.2. The van der Waals surface area contributed by atoms with Crippen LogP contribution in [-0.2, 0) is 11.3 Å². The molecule has 1 aromatic heterocycles. The van der Waals surface area contributed by atoms with Crippen LogP contribution in [0, 0.1) is 6.92 Å². The molecule has 0 aliphatic carbocycles. The number of rotatable bonds is 6. The molecule has 0 atom stereocenters. The summed E-state index contributed by atoms with van der Waals surface area (Å²) >= 11 is 0. The van der Waals surface area contributed by atoms with E-state index in [0.717, 1.165) is 0 Å². The molecule has 0 fully saturated rings. The first-order chi connectivity index (χ1) is 11.6. The molecule has 1 aromatic carbocycles. The van der Waals surface area contributed by atoms with E-state index in [1.165, 1.54) is 4.90 Å². The maximum absolute atomic E-state index is 12.2. The molecule has 2 heterocycles. The Kier molecular flexibility index (Phi) is 4.37. The molecule has 8 nitrogen and oxygen atoms in total. The Morgan fingerprint density at radius 2 is 1.88 bits per heavy atom. The van der Waals surface area contributed by atoms with Gasteiger partial charge in [-0.2, -0.15) is 4.98 Å². The summed E-state index contributed by atoms with van der Waals surface area (Å²) in [4.78, 5) is 41.3. The number of carbonyl (C=O) groups is 3. The average molecular weight is 328 g/mol. The molecule has 0 unspecified atom stereocenters. The molecule has 3 rings (SSSR count). The summed E-state index contributed by atoms with van der Waals surface area (Å²) in [5.74, 6) is 0.0169. The first-order valence-corrected chi connectivity index (χ1v) is 7.57. The second-order valence-corrected chi connectivity index (χ2v) is 5.42. The van der Waals surface area contributed by atoms with Crippen LogP contribution in [0.5, 0.6) is 0 Å². The number of aromatic nitrogens is 2. The lowest BCUT2D eigenvalue weighted by atomic mass is 10.1. The summed E-state index contributed by atoms with van der Waals surface area (Å²) in [5, 5.41) is 6.28. The van der Waals surface area contributed by atoms with Gasteiger partial charge >= 0.3 is 0 Å². The lowest BCUT2D eigenvalue weighted by molar-refractivity contribution is -0.121. The van der Waals surface area contributed by atoms with Crippen LogP contribution in [0.1, 0.15) is 45.3 Å². The van der Waals surface area contributed by atoms with Crippen LogP contribution in [0.4, 0.5) is 0 Å². The summed E-state index contributed by atoms with van der Waals surface area (Å²) in [6.07, 6.45) is 0.584. The molecule has 124 valence electrons. The van der Waals surface area contributed by atoms with Crippen molar-refractivity contribution in [2.45, 2.75) is 26.3 Å². The highest BCUT2D eigenvalue weighted by atomic mass is 16.5. The summed E-state index contributed by atoms with van der Waals surface area (Å²) in [5.41, 5.74) is 0.831. The zero-order valence-corrected chi connectivity index (χ0v) is 13.1. The Labute approximate surface area is 137 Å². The molecule has 0 radical (unpaired) electrons. The van der Waals surface area contributed by atoms with Crippen LogP contribution in [0.15, 0.2) is 28.8 Å². The second-order valence-electron chi connectivity index (χ2n) is 5.42. The molecule has 0 bridgehead atoms. The minimum atomic E-state index is -0.308. The van der Waals surface area contributed by atoms with Gasteiger partial charge in [-0.15, -0.1) is 0 Å². The molecule has 0 saturated carbocycles.